The van der Waals surface area contributed by atoms with Crippen LogP contribution in [0.2, 0.25) is 0 Å². The van der Waals surface area contributed by atoms with E-state index in [2.05, 4.69) is 24.3 Å². The van der Waals surface area contributed by atoms with Crippen molar-refractivity contribution >= 4 is 12.2 Å². The van der Waals surface area contributed by atoms with Gasteiger partial charge in [-0.1, -0.05) is 42.5 Å². The third-order valence-electron chi connectivity index (χ3n) is 2.85. The van der Waals surface area contributed by atoms with Gasteiger partial charge in [0.1, 0.15) is 0 Å². The average Bonchev–Trinajstić information content (AvgIpc) is 2.35. The first-order valence-electron chi connectivity index (χ1n) is 5.87. The number of hydrogen-bond donors (Lipinski definition) is 0. The maximum atomic E-state index is 9.25. The predicted octanol–water partition coefficient (Wildman–Crippen LogP) is 2.64. The van der Waals surface area contributed by atoms with E-state index in [9.17, 15) is 5.26 Å². The van der Waals surface area contributed by atoms with E-state index < -0.39 is 5.41 Å². The van der Waals surface area contributed by atoms with Crippen molar-refractivity contribution in [3.8, 4) is 6.07 Å². The van der Waals surface area contributed by atoms with Gasteiger partial charge in [0.2, 0.25) is 0 Å². The van der Waals surface area contributed by atoms with E-state index in [0.29, 0.717) is 0 Å². The van der Waals surface area contributed by atoms with E-state index in [4.69, 9.17) is 0 Å². The van der Waals surface area contributed by atoms with E-state index in [1.807, 2.05) is 52.0 Å². The van der Waals surface area contributed by atoms with Gasteiger partial charge >= 0.3 is 0 Å². The number of hydrogen-bond acceptors (Lipinski definition) is 1. The topological polar surface area (TPSA) is 23.8 Å². The van der Waals surface area contributed by atoms with Gasteiger partial charge in [-0.3, -0.25) is 0 Å². The highest BCUT2D eigenvalue weighted by Gasteiger charge is 2.20. The van der Waals surface area contributed by atoms with Gasteiger partial charge in [0, 0.05) is 0 Å². The first-order valence-corrected chi connectivity index (χ1v) is 5.87. The Kier molecular flexibility index (Phi) is 4.29. The molecule has 0 N–H and O–H groups in total. The number of allylic oxidation sites excluding steroid dienone is 2. The average molecular weight is 225 g/mol. The molecule has 0 saturated heterocycles. The maximum absolute atomic E-state index is 9.25. The van der Waals surface area contributed by atoms with Crippen LogP contribution < -0.4 is 10.4 Å². The van der Waals surface area contributed by atoms with Crippen molar-refractivity contribution in [3.63, 3.8) is 0 Å². The minimum absolute atomic E-state index is 0.457. The molecule has 1 nitrogen and oxygen atoms in total. The van der Waals surface area contributed by atoms with Crippen LogP contribution in [0.5, 0.6) is 0 Å². The van der Waals surface area contributed by atoms with Crippen LogP contribution in [0.4, 0.5) is 0 Å². The summed E-state index contributed by atoms with van der Waals surface area (Å²) in [5.74, 6) is 0. The molecular formula is C16H19N. The zero-order chi connectivity index (χ0) is 12.9. The van der Waals surface area contributed by atoms with E-state index in [-0.39, 0.29) is 0 Å². The minimum atomic E-state index is -0.457. The molecule has 1 rings (SSSR count). The Morgan fingerprint density at radius 3 is 2.47 bits per heavy atom. The summed E-state index contributed by atoms with van der Waals surface area (Å²) in [6.45, 7) is 7.91. The van der Waals surface area contributed by atoms with Gasteiger partial charge in [-0.05, 0) is 43.7 Å². The molecule has 0 radical (unpaired) electrons. The summed E-state index contributed by atoms with van der Waals surface area (Å²) in [6, 6.07) is 8.48. The third kappa shape index (κ3) is 2.85. The van der Waals surface area contributed by atoms with Gasteiger partial charge in [-0.2, -0.15) is 5.26 Å². The summed E-state index contributed by atoms with van der Waals surface area (Å²) >= 11 is 0. The molecule has 0 aliphatic rings. The second-order valence-corrected chi connectivity index (χ2v) is 4.53. The van der Waals surface area contributed by atoms with Gasteiger partial charge in [-0.15, -0.1) is 0 Å². The molecule has 0 heterocycles. The highest BCUT2D eigenvalue weighted by molar-refractivity contribution is 5.44. The fraction of sp³-hybridized carbons (Fsp3) is 0.312. The summed E-state index contributed by atoms with van der Waals surface area (Å²) in [4.78, 5) is 0. The lowest BCUT2D eigenvalue weighted by Gasteiger charge is -2.16. The highest BCUT2D eigenvalue weighted by Crippen LogP contribution is 2.17. The molecule has 0 aliphatic heterocycles. The molecule has 1 aromatic rings. The molecule has 0 unspecified atom stereocenters. The summed E-state index contributed by atoms with van der Waals surface area (Å²) in [5, 5.41) is 11.6. The third-order valence-corrected chi connectivity index (χ3v) is 2.85. The summed E-state index contributed by atoms with van der Waals surface area (Å²) in [7, 11) is 0. The zero-order valence-corrected chi connectivity index (χ0v) is 11.0. The second kappa shape index (κ2) is 5.50. The summed E-state index contributed by atoms with van der Waals surface area (Å²) < 4.78 is 0. The Morgan fingerprint density at radius 1 is 1.24 bits per heavy atom. The number of benzene rings is 1. The standard InChI is InChI=1S/C16H19N/c1-5-7-9-13-10-8-11-15(14(13)6-2)16(3,4)12-17/h5-11H,1-4H3/b7-5-,13-9-,14-6+. The molecule has 1 heteroatoms. The molecule has 0 fully saturated rings. The van der Waals surface area contributed by atoms with Gasteiger partial charge in [0.25, 0.3) is 0 Å². The molecule has 17 heavy (non-hydrogen) atoms. The molecule has 0 aliphatic carbocycles. The largest absolute Gasteiger partial charge is 0.197 e. The number of nitrogens with zero attached hydrogens (tertiary/aromatic N) is 1. The van der Waals surface area contributed by atoms with E-state index >= 15 is 0 Å². The quantitative estimate of drug-likeness (QED) is 0.759. The Bertz CT molecular complexity index is 569. The van der Waals surface area contributed by atoms with Crippen molar-refractivity contribution in [1.82, 2.24) is 0 Å². The lowest BCUT2D eigenvalue weighted by molar-refractivity contribution is 0.680. The molecule has 1 aromatic carbocycles. The molecule has 0 saturated carbocycles. The van der Waals surface area contributed by atoms with Gasteiger partial charge in [0.15, 0.2) is 0 Å². The van der Waals surface area contributed by atoms with Crippen molar-refractivity contribution in [1.29, 1.82) is 5.26 Å². The van der Waals surface area contributed by atoms with Crippen LogP contribution in [0.15, 0.2) is 30.4 Å². The first kappa shape index (κ1) is 13.3. The van der Waals surface area contributed by atoms with E-state index in [1.54, 1.807) is 0 Å². The van der Waals surface area contributed by atoms with Crippen LogP contribution in [-0.4, -0.2) is 0 Å². The molecule has 0 aromatic heterocycles. The van der Waals surface area contributed by atoms with Gasteiger partial charge < -0.3 is 0 Å². The normalized spacial score (nSPS) is 14.3. The molecule has 0 amide bonds. The van der Waals surface area contributed by atoms with E-state index in [1.165, 1.54) is 0 Å². The fourth-order valence-corrected chi connectivity index (χ4v) is 1.86. The van der Waals surface area contributed by atoms with Crippen LogP contribution in [0.25, 0.3) is 12.2 Å². The van der Waals surface area contributed by atoms with E-state index in [0.717, 1.165) is 16.0 Å². The Hall–Kier alpha value is -1.81. The lowest BCUT2D eigenvalue weighted by Crippen LogP contribution is -2.34. The van der Waals surface area contributed by atoms with Crippen molar-refractivity contribution in [2.24, 2.45) is 0 Å². The van der Waals surface area contributed by atoms with Crippen LogP contribution in [0, 0.1) is 11.3 Å². The summed E-state index contributed by atoms with van der Waals surface area (Å²) in [6.07, 6.45) is 8.17. The van der Waals surface area contributed by atoms with Crippen LogP contribution in [-0.2, 0) is 5.41 Å². The smallest absolute Gasteiger partial charge is 0.0772 e. The maximum Gasteiger partial charge on any atom is 0.0772 e. The van der Waals surface area contributed by atoms with Crippen molar-refractivity contribution in [2.45, 2.75) is 33.1 Å². The molecular weight excluding hydrogens is 206 g/mol. The summed E-state index contributed by atoms with van der Waals surface area (Å²) in [5.41, 5.74) is 0.627. The number of rotatable bonds is 2. The molecule has 0 spiro atoms. The fourth-order valence-electron chi connectivity index (χ4n) is 1.86. The Morgan fingerprint density at radius 2 is 1.94 bits per heavy atom. The predicted molar refractivity (Wildman–Crippen MR) is 73.7 cm³/mol. The van der Waals surface area contributed by atoms with Crippen molar-refractivity contribution in [3.05, 3.63) is 46.4 Å². The van der Waals surface area contributed by atoms with Crippen LogP contribution in [0.1, 0.15) is 33.3 Å². The lowest BCUT2D eigenvalue weighted by atomic mass is 9.84. The minimum Gasteiger partial charge on any atom is -0.197 e. The monoisotopic (exact) mass is 225 g/mol. The van der Waals surface area contributed by atoms with Crippen LogP contribution in [0.3, 0.4) is 0 Å². The van der Waals surface area contributed by atoms with Crippen molar-refractivity contribution < 1.29 is 0 Å². The molecule has 0 bridgehead atoms. The zero-order valence-electron chi connectivity index (χ0n) is 11.0. The molecule has 88 valence electrons. The second-order valence-electron chi connectivity index (χ2n) is 4.53. The highest BCUT2D eigenvalue weighted by atomic mass is 14.3. The van der Waals surface area contributed by atoms with Crippen LogP contribution >= 0.6 is 0 Å². The molecule has 0 atom stereocenters. The van der Waals surface area contributed by atoms with Gasteiger partial charge in [-0.25, -0.2) is 0 Å². The first-order chi connectivity index (χ1) is 8.06. The van der Waals surface area contributed by atoms with Gasteiger partial charge in [0.05, 0.1) is 11.5 Å². The Labute approximate surface area is 103 Å². The number of nitriles is 1. The van der Waals surface area contributed by atoms with Crippen molar-refractivity contribution in [2.75, 3.05) is 0 Å². The Balaban J connectivity index is 3.64. The SMILES string of the molecule is C\C=C/C=c1/cccc(C(C)(C)C#N)/c1=C/C.